The molecule has 4 heterocycles. The van der Waals surface area contributed by atoms with Gasteiger partial charge in [-0.2, -0.15) is 5.10 Å². The summed E-state index contributed by atoms with van der Waals surface area (Å²) in [6, 6.07) is 4.02. The van der Waals surface area contributed by atoms with Gasteiger partial charge in [0.1, 0.15) is 12.4 Å². The molecule has 1 amide bonds. The molecule has 0 aliphatic carbocycles. The lowest BCUT2D eigenvalue weighted by molar-refractivity contribution is -0.133. The van der Waals surface area contributed by atoms with E-state index in [0.29, 0.717) is 13.1 Å². The number of aromatic nitrogens is 5. The van der Waals surface area contributed by atoms with Gasteiger partial charge in [-0.25, -0.2) is 4.98 Å². The number of pyridine rings is 1. The molecule has 0 bridgehead atoms. The smallest absolute Gasteiger partial charge is 0.244 e. The fourth-order valence-electron chi connectivity index (χ4n) is 3.71. The Morgan fingerprint density at radius 2 is 2.22 bits per heavy atom. The molecule has 4 rings (SSSR count). The number of hydrogen-bond acceptors (Lipinski definition) is 4. The molecule has 7 heteroatoms. The van der Waals surface area contributed by atoms with Crippen molar-refractivity contribution in [2.75, 3.05) is 13.1 Å². The van der Waals surface area contributed by atoms with Crippen LogP contribution in [0.1, 0.15) is 35.7 Å². The van der Waals surface area contributed by atoms with Gasteiger partial charge in [0, 0.05) is 50.0 Å². The molecule has 0 aromatic carbocycles. The highest BCUT2D eigenvalue weighted by atomic mass is 16.2. The molecule has 3 aromatic heterocycles. The number of piperidine rings is 1. The van der Waals surface area contributed by atoms with Crippen LogP contribution in [-0.4, -0.2) is 48.2 Å². The topological polar surface area (TPSA) is 68.8 Å². The molecular formula is C20H24N6O. The van der Waals surface area contributed by atoms with Gasteiger partial charge in [-0.05, 0) is 37.0 Å². The highest BCUT2D eigenvalue weighted by Gasteiger charge is 2.27. The van der Waals surface area contributed by atoms with Crippen molar-refractivity contribution in [3.8, 4) is 0 Å². The monoisotopic (exact) mass is 364 g/mol. The molecule has 0 N–H and O–H groups in total. The Kier molecular flexibility index (Phi) is 5.00. The minimum atomic E-state index is 0.119. The Labute approximate surface area is 158 Å². The van der Waals surface area contributed by atoms with Crippen molar-refractivity contribution < 1.29 is 4.79 Å². The van der Waals surface area contributed by atoms with Crippen LogP contribution in [0.15, 0.2) is 49.3 Å². The number of imidazole rings is 1. The number of nitrogens with zero attached hydrogens (tertiary/aromatic N) is 6. The Hall–Kier alpha value is -2.96. The van der Waals surface area contributed by atoms with Crippen LogP contribution in [0.3, 0.4) is 0 Å². The maximum atomic E-state index is 12.7. The SMILES string of the molecule is Cc1cnn(CC(=O)N2CCCC(c3nccn3Cc3cccnc3)C2)c1. The summed E-state index contributed by atoms with van der Waals surface area (Å²) in [6.45, 7) is 4.54. The molecule has 1 aliphatic rings. The molecule has 1 aliphatic heterocycles. The second-order valence-electron chi connectivity index (χ2n) is 7.17. The van der Waals surface area contributed by atoms with E-state index in [1.807, 2.05) is 42.7 Å². The Morgan fingerprint density at radius 3 is 3.00 bits per heavy atom. The van der Waals surface area contributed by atoms with E-state index in [-0.39, 0.29) is 11.8 Å². The van der Waals surface area contributed by atoms with E-state index in [9.17, 15) is 4.79 Å². The van der Waals surface area contributed by atoms with Crippen molar-refractivity contribution in [3.63, 3.8) is 0 Å². The number of hydrogen-bond donors (Lipinski definition) is 0. The molecule has 1 saturated heterocycles. The van der Waals surface area contributed by atoms with Gasteiger partial charge in [0.15, 0.2) is 0 Å². The van der Waals surface area contributed by atoms with E-state index in [1.165, 1.54) is 0 Å². The first-order valence-electron chi connectivity index (χ1n) is 9.36. The molecule has 3 aromatic rings. The van der Waals surface area contributed by atoms with Crippen molar-refractivity contribution in [2.24, 2.45) is 0 Å². The standard InChI is InChI=1S/C20H24N6O/c1-16-10-23-26(12-16)15-19(27)24-8-3-5-18(14-24)20-22-7-9-25(20)13-17-4-2-6-21-11-17/h2,4,6-7,9-12,18H,3,5,8,13-15H2,1H3. The van der Waals surface area contributed by atoms with Crippen LogP contribution in [-0.2, 0) is 17.9 Å². The van der Waals surface area contributed by atoms with Crippen LogP contribution >= 0.6 is 0 Å². The van der Waals surface area contributed by atoms with Gasteiger partial charge in [0.2, 0.25) is 5.91 Å². The molecule has 27 heavy (non-hydrogen) atoms. The number of amides is 1. The number of aryl methyl sites for hydroxylation is 1. The van der Waals surface area contributed by atoms with Crippen molar-refractivity contribution in [1.29, 1.82) is 0 Å². The molecule has 1 atom stereocenters. The summed E-state index contributed by atoms with van der Waals surface area (Å²) < 4.78 is 3.89. The average molecular weight is 364 g/mol. The zero-order chi connectivity index (χ0) is 18.6. The molecule has 0 spiro atoms. The van der Waals surface area contributed by atoms with Gasteiger partial charge in [-0.15, -0.1) is 0 Å². The number of carbonyl (C=O) groups excluding carboxylic acids is 1. The molecule has 1 fully saturated rings. The Balaban J connectivity index is 1.44. The van der Waals surface area contributed by atoms with Crippen molar-refractivity contribution >= 4 is 5.91 Å². The maximum absolute atomic E-state index is 12.7. The third-order valence-corrected chi connectivity index (χ3v) is 5.02. The quantitative estimate of drug-likeness (QED) is 0.696. The van der Waals surface area contributed by atoms with Crippen molar-refractivity contribution in [3.05, 3.63) is 66.3 Å². The summed E-state index contributed by atoms with van der Waals surface area (Å²) in [7, 11) is 0. The van der Waals surface area contributed by atoms with E-state index in [2.05, 4.69) is 25.7 Å². The van der Waals surface area contributed by atoms with Crippen molar-refractivity contribution in [2.45, 2.75) is 38.8 Å². The van der Waals surface area contributed by atoms with Gasteiger partial charge in [-0.1, -0.05) is 6.07 Å². The van der Waals surface area contributed by atoms with Gasteiger partial charge in [0.05, 0.1) is 12.7 Å². The summed E-state index contributed by atoms with van der Waals surface area (Å²) in [5, 5.41) is 4.23. The number of likely N-dealkylation sites (tertiary alicyclic amines) is 1. The van der Waals surface area contributed by atoms with Crippen LogP contribution in [0.5, 0.6) is 0 Å². The first-order chi connectivity index (χ1) is 13.2. The fourth-order valence-corrected chi connectivity index (χ4v) is 3.71. The molecule has 0 saturated carbocycles. The molecular weight excluding hydrogens is 340 g/mol. The Morgan fingerprint density at radius 1 is 1.30 bits per heavy atom. The van der Waals surface area contributed by atoms with E-state index in [0.717, 1.165) is 42.9 Å². The van der Waals surface area contributed by atoms with Crippen LogP contribution in [0, 0.1) is 6.92 Å². The van der Waals surface area contributed by atoms with Crippen LogP contribution in [0.25, 0.3) is 0 Å². The second-order valence-corrected chi connectivity index (χ2v) is 7.17. The van der Waals surface area contributed by atoms with Gasteiger partial charge >= 0.3 is 0 Å². The van der Waals surface area contributed by atoms with Crippen LogP contribution in [0.4, 0.5) is 0 Å². The number of rotatable bonds is 5. The lowest BCUT2D eigenvalue weighted by Crippen LogP contribution is -2.41. The van der Waals surface area contributed by atoms with E-state index in [1.54, 1.807) is 17.1 Å². The summed E-state index contributed by atoms with van der Waals surface area (Å²) in [6.07, 6.45) is 13.2. The van der Waals surface area contributed by atoms with E-state index in [4.69, 9.17) is 0 Å². The van der Waals surface area contributed by atoms with Crippen LogP contribution in [0.2, 0.25) is 0 Å². The molecule has 1 unspecified atom stereocenters. The molecule has 140 valence electrons. The van der Waals surface area contributed by atoms with Gasteiger partial charge in [0.25, 0.3) is 0 Å². The number of carbonyl (C=O) groups is 1. The summed E-state index contributed by atoms with van der Waals surface area (Å²) in [5.41, 5.74) is 2.21. The Bertz CT molecular complexity index is 900. The summed E-state index contributed by atoms with van der Waals surface area (Å²) in [4.78, 5) is 23.4. The predicted molar refractivity (Wildman–Crippen MR) is 101 cm³/mol. The minimum Gasteiger partial charge on any atom is -0.340 e. The van der Waals surface area contributed by atoms with Gasteiger partial charge in [-0.3, -0.25) is 14.5 Å². The zero-order valence-corrected chi connectivity index (χ0v) is 15.5. The second kappa shape index (κ2) is 7.73. The molecule has 7 nitrogen and oxygen atoms in total. The lowest BCUT2D eigenvalue weighted by atomic mass is 9.97. The summed E-state index contributed by atoms with van der Waals surface area (Å²) in [5.74, 6) is 1.42. The van der Waals surface area contributed by atoms with Gasteiger partial charge < -0.3 is 9.47 Å². The van der Waals surface area contributed by atoms with Crippen LogP contribution < -0.4 is 0 Å². The summed E-state index contributed by atoms with van der Waals surface area (Å²) >= 11 is 0. The van der Waals surface area contributed by atoms with E-state index >= 15 is 0 Å². The highest BCUT2D eigenvalue weighted by molar-refractivity contribution is 5.76. The van der Waals surface area contributed by atoms with Crippen molar-refractivity contribution in [1.82, 2.24) is 29.2 Å². The fraction of sp³-hybridized carbons (Fsp3) is 0.400. The largest absolute Gasteiger partial charge is 0.340 e. The molecule has 0 radical (unpaired) electrons. The third kappa shape index (κ3) is 4.07. The average Bonchev–Trinajstić information content (AvgIpc) is 3.31. The minimum absolute atomic E-state index is 0.119. The zero-order valence-electron chi connectivity index (χ0n) is 15.5. The normalized spacial score (nSPS) is 17.2. The highest BCUT2D eigenvalue weighted by Crippen LogP contribution is 2.26. The predicted octanol–water partition coefficient (Wildman–Crippen LogP) is 2.24. The third-order valence-electron chi connectivity index (χ3n) is 5.02. The lowest BCUT2D eigenvalue weighted by Gasteiger charge is -2.32. The maximum Gasteiger partial charge on any atom is 0.244 e. The first-order valence-corrected chi connectivity index (χ1v) is 9.36. The first kappa shape index (κ1) is 17.5. The van der Waals surface area contributed by atoms with E-state index < -0.39 is 0 Å².